The molecule has 0 aliphatic carbocycles. The highest BCUT2D eigenvalue weighted by Crippen LogP contribution is 2.32. The summed E-state index contributed by atoms with van der Waals surface area (Å²) in [6.07, 6.45) is 0. The molecular weight excluding hydrogens is 452 g/mol. The predicted molar refractivity (Wildman–Crippen MR) is 134 cm³/mol. The number of carbonyl (C=O) groups excluding carboxylic acids is 1. The van der Waals surface area contributed by atoms with E-state index in [0.717, 1.165) is 22.3 Å². The van der Waals surface area contributed by atoms with Crippen LogP contribution < -0.4 is 10.2 Å². The van der Waals surface area contributed by atoms with Crippen LogP contribution >= 0.6 is 0 Å². The van der Waals surface area contributed by atoms with Crippen LogP contribution in [0.4, 0.5) is 11.4 Å². The van der Waals surface area contributed by atoms with Crippen molar-refractivity contribution in [2.24, 2.45) is 0 Å². The highest BCUT2D eigenvalue weighted by atomic mass is 32.2. The van der Waals surface area contributed by atoms with Gasteiger partial charge in [0.1, 0.15) is 0 Å². The van der Waals surface area contributed by atoms with Crippen molar-refractivity contribution in [3.63, 3.8) is 0 Å². The van der Waals surface area contributed by atoms with Gasteiger partial charge in [-0.3, -0.25) is 9.78 Å². The van der Waals surface area contributed by atoms with Crippen molar-refractivity contribution in [1.82, 2.24) is 9.29 Å². The van der Waals surface area contributed by atoms with Gasteiger partial charge in [0, 0.05) is 37.3 Å². The van der Waals surface area contributed by atoms with Crippen LogP contribution in [0.2, 0.25) is 0 Å². The molecule has 1 aliphatic heterocycles. The Morgan fingerprint density at radius 2 is 1.79 bits per heavy atom. The van der Waals surface area contributed by atoms with Crippen LogP contribution in [0.5, 0.6) is 0 Å². The molecule has 34 heavy (non-hydrogen) atoms. The van der Waals surface area contributed by atoms with Gasteiger partial charge in [-0.15, -0.1) is 0 Å². The molecule has 1 amide bonds. The van der Waals surface area contributed by atoms with Crippen LogP contribution in [0.15, 0.2) is 53.4 Å². The number of sulfonamides is 1. The SMILES string of the molecule is CCN(CC)S(=O)(=O)c1ccc(N2CCOCC2)c(NC(=O)c2cc(C)nc3ccccc23)c1. The third-order valence-electron chi connectivity index (χ3n) is 6.00. The fourth-order valence-electron chi connectivity index (χ4n) is 4.25. The number of carbonyl (C=O) groups is 1. The minimum absolute atomic E-state index is 0.152. The second-order valence-corrected chi connectivity index (χ2v) is 10.1. The monoisotopic (exact) mass is 482 g/mol. The molecule has 2 aromatic carbocycles. The molecule has 4 rings (SSSR count). The lowest BCUT2D eigenvalue weighted by Gasteiger charge is -2.31. The molecule has 1 saturated heterocycles. The standard InChI is InChI=1S/C25H30N4O4S/c1-4-29(5-2)34(31,32)19-10-11-24(28-12-14-33-15-13-28)23(17-19)27-25(30)21-16-18(3)26-22-9-7-6-8-20(21)22/h6-11,16-17H,4-5,12-15H2,1-3H3,(H,27,30). The molecule has 8 nitrogen and oxygen atoms in total. The molecule has 1 fully saturated rings. The second-order valence-electron chi connectivity index (χ2n) is 8.15. The maximum Gasteiger partial charge on any atom is 0.256 e. The minimum Gasteiger partial charge on any atom is -0.378 e. The number of hydrogen-bond acceptors (Lipinski definition) is 6. The van der Waals surface area contributed by atoms with Crippen molar-refractivity contribution in [2.45, 2.75) is 25.7 Å². The first-order valence-corrected chi connectivity index (χ1v) is 12.9. The quantitative estimate of drug-likeness (QED) is 0.553. The van der Waals surface area contributed by atoms with E-state index >= 15 is 0 Å². The number of amides is 1. The number of benzene rings is 2. The van der Waals surface area contributed by atoms with E-state index < -0.39 is 10.0 Å². The Balaban J connectivity index is 1.78. The summed E-state index contributed by atoms with van der Waals surface area (Å²) in [6.45, 7) is 8.65. The first kappa shape index (κ1) is 24.1. The van der Waals surface area contributed by atoms with E-state index in [1.165, 1.54) is 4.31 Å². The molecule has 0 atom stereocenters. The van der Waals surface area contributed by atoms with Gasteiger partial charge in [-0.1, -0.05) is 32.0 Å². The number of nitrogens with zero attached hydrogens (tertiary/aromatic N) is 3. The largest absolute Gasteiger partial charge is 0.378 e. The third kappa shape index (κ3) is 4.77. The molecule has 1 aliphatic rings. The zero-order valence-electron chi connectivity index (χ0n) is 19.7. The van der Waals surface area contributed by atoms with E-state index in [-0.39, 0.29) is 10.8 Å². The summed E-state index contributed by atoms with van der Waals surface area (Å²) < 4.78 is 33.2. The number of rotatable bonds is 7. The normalized spacial score (nSPS) is 14.5. The summed E-state index contributed by atoms with van der Waals surface area (Å²) in [7, 11) is -3.68. The van der Waals surface area contributed by atoms with Gasteiger partial charge in [0.15, 0.2) is 0 Å². The van der Waals surface area contributed by atoms with E-state index in [1.807, 2.05) is 45.0 Å². The number of anilines is 2. The molecule has 0 spiro atoms. The van der Waals surface area contributed by atoms with Crippen LogP contribution in [0, 0.1) is 6.92 Å². The predicted octanol–water partition coefficient (Wildman–Crippen LogP) is 3.66. The molecule has 0 bridgehead atoms. The summed E-state index contributed by atoms with van der Waals surface area (Å²) in [5, 5.41) is 3.74. The molecule has 0 unspecified atom stereocenters. The number of ether oxygens (including phenoxy) is 1. The smallest absolute Gasteiger partial charge is 0.256 e. The maximum atomic E-state index is 13.5. The Hall–Kier alpha value is -3.01. The highest BCUT2D eigenvalue weighted by molar-refractivity contribution is 7.89. The molecule has 0 radical (unpaired) electrons. The Bertz CT molecular complexity index is 1300. The van der Waals surface area contributed by atoms with Crippen molar-refractivity contribution in [3.05, 3.63) is 59.8 Å². The van der Waals surface area contributed by atoms with Gasteiger partial charge in [-0.05, 0) is 37.3 Å². The zero-order valence-corrected chi connectivity index (χ0v) is 20.6. The van der Waals surface area contributed by atoms with Crippen LogP contribution in [0.1, 0.15) is 29.9 Å². The number of aromatic nitrogens is 1. The maximum absolute atomic E-state index is 13.5. The molecule has 9 heteroatoms. The summed E-state index contributed by atoms with van der Waals surface area (Å²) in [6, 6.07) is 14.2. The van der Waals surface area contributed by atoms with Gasteiger partial charge < -0.3 is 15.0 Å². The molecule has 1 N–H and O–H groups in total. The van der Waals surface area contributed by atoms with Gasteiger partial charge in [-0.2, -0.15) is 4.31 Å². The van der Waals surface area contributed by atoms with Crippen LogP contribution in [-0.4, -0.2) is 63.0 Å². The average molecular weight is 483 g/mol. The molecule has 2 heterocycles. The van der Waals surface area contributed by atoms with Gasteiger partial charge in [-0.25, -0.2) is 8.42 Å². The van der Waals surface area contributed by atoms with Crippen molar-refractivity contribution < 1.29 is 17.9 Å². The lowest BCUT2D eigenvalue weighted by Crippen LogP contribution is -2.37. The number of nitrogens with one attached hydrogen (secondary N) is 1. The number of para-hydroxylation sites is 1. The topological polar surface area (TPSA) is 91.8 Å². The molecule has 180 valence electrons. The van der Waals surface area contributed by atoms with Gasteiger partial charge in [0.05, 0.1) is 40.6 Å². The minimum atomic E-state index is -3.68. The van der Waals surface area contributed by atoms with Crippen LogP contribution in [-0.2, 0) is 14.8 Å². The Labute approximate surface area is 200 Å². The van der Waals surface area contributed by atoms with Crippen molar-refractivity contribution >= 4 is 38.2 Å². The molecule has 3 aromatic rings. The van der Waals surface area contributed by atoms with E-state index in [0.29, 0.717) is 50.6 Å². The first-order valence-electron chi connectivity index (χ1n) is 11.5. The fourth-order valence-corrected chi connectivity index (χ4v) is 5.74. The summed E-state index contributed by atoms with van der Waals surface area (Å²) in [4.78, 5) is 20.2. The lowest BCUT2D eigenvalue weighted by atomic mass is 10.1. The van der Waals surface area contributed by atoms with Gasteiger partial charge in [0.25, 0.3) is 5.91 Å². The van der Waals surface area contributed by atoms with Crippen LogP contribution in [0.25, 0.3) is 10.9 Å². The first-order chi connectivity index (χ1) is 16.3. The number of aryl methyl sites for hydroxylation is 1. The summed E-state index contributed by atoms with van der Waals surface area (Å²) in [5.74, 6) is -0.311. The molecular formula is C25H30N4O4S. The Kier molecular flexibility index (Phi) is 7.16. The molecule has 0 saturated carbocycles. The van der Waals surface area contributed by atoms with E-state index in [2.05, 4.69) is 15.2 Å². The van der Waals surface area contributed by atoms with Crippen molar-refractivity contribution in [1.29, 1.82) is 0 Å². The van der Waals surface area contributed by atoms with Crippen molar-refractivity contribution in [3.8, 4) is 0 Å². The fraction of sp³-hybridized carbons (Fsp3) is 0.360. The number of morpholine rings is 1. The molecule has 1 aromatic heterocycles. The highest BCUT2D eigenvalue weighted by Gasteiger charge is 2.25. The van der Waals surface area contributed by atoms with Crippen molar-refractivity contribution in [2.75, 3.05) is 49.6 Å². The van der Waals surface area contributed by atoms with Crippen LogP contribution in [0.3, 0.4) is 0 Å². The van der Waals surface area contributed by atoms with E-state index in [9.17, 15) is 13.2 Å². The van der Waals surface area contributed by atoms with E-state index in [1.54, 1.807) is 24.3 Å². The number of fused-ring (bicyclic) bond motifs is 1. The third-order valence-corrected chi connectivity index (χ3v) is 8.05. The number of pyridine rings is 1. The zero-order chi connectivity index (χ0) is 24.3. The van der Waals surface area contributed by atoms with Gasteiger partial charge in [0.2, 0.25) is 10.0 Å². The van der Waals surface area contributed by atoms with Gasteiger partial charge >= 0.3 is 0 Å². The number of hydrogen-bond donors (Lipinski definition) is 1. The summed E-state index contributed by atoms with van der Waals surface area (Å²) in [5.41, 5.74) is 3.19. The second kappa shape index (κ2) is 10.1. The Morgan fingerprint density at radius 3 is 2.50 bits per heavy atom. The lowest BCUT2D eigenvalue weighted by molar-refractivity contribution is 0.102. The van der Waals surface area contributed by atoms with E-state index in [4.69, 9.17) is 4.74 Å². The Morgan fingerprint density at radius 1 is 1.09 bits per heavy atom. The average Bonchev–Trinajstić information content (AvgIpc) is 2.84. The summed E-state index contributed by atoms with van der Waals surface area (Å²) >= 11 is 0.